The standard InChI is InChI=1S/C32H39N3O4/c1-23(2)20-28(34-30(36)27(33)19-18-24-12-6-3-7-13-24)31(37)35-29(21-25-14-8-4-9-15-25)32(38)39-22-26-16-10-5-11-17-26/h3-17,23,27-29H,18-22,33H2,1-2H3,(H,34,36)(H,35,37)/t27-,28-,29-/m1/s1. The summed E-state index contributed by atoms with van der Waals surface area (Å²) in [5, 5.41) is 5.66. The van der Waals surface area contributed by atoms with Gasteiger partial charge in [0, 0.05) is 6.42 Å². The Morgan fingerprint density at radius 1 is 0.718 bits per heavy atom. The van der Waals surface area contributed by atoms with Gasteiger partial charge in [-0.05, 0) is 41.9 Å². The third-order valence-electron chi connectivity index (χ3n) is 6.37. The molecular formula is C32H39N3O4. The van der Waals surface area contributed by atoms with E-state index in [2.05, 4.69) is 10.6 Å². The van der Waals surface area contributed by atoms with Crippen LogP contribution in [0.1, 0.15) is 43.4 Å². The molecule has 3 atom stereocenters. The van der Waals surface area contributed by atoms with Crippen molar-refractivity contribution in [1.29, 1.82) is 0 Å². The van der Waals surface area contributed by atoms with Crippen LogP contribution in [0.3, 0.4) is 0 Å². The van der Waals surface area contributed by atoms with Gasteiger partial charge in [-0.3, -0.25) is 9.59 Å². The molecule has 39 heavy (non-hydrogen) atoms. The molecule has 0 radical (unpaired) electrons. The van der Waals surface area contributed by atoms with E-state index >= 15 is 0 Å². The molecule has 7 heteroatoms. The van der Waals surface area contributed by atoms with E-state index in [-0.39, 0.29) is 18.9 Å². The number of nitrogens with two attached hydrogens (primary N) is 1. The third kappa shape index (κ3) is 10.4. The first-order valence-corrected chi connectivity index (χ1v) is 13.5. The van der Waals surface area contributed by atoms with Gasteiger partial charge in [0.2, 0.25) is 11.8 Å². The fourth-order valence-corrected chi connectivity index (χ4v) is 4.22. The van der Waals surface area contributed by atoms with E-state index in [1.54, 1.807) is 0 Å². The minimum Gasteiger partial charge on any atom is -0.459 e. The molecule has 0 spiro atoms. The second kappa shape index (κ2) is 15.4. The molecular weight excluding hydrogens is 490 g/mol. The number of rotatable bonds is 14. The molecule has 0 saturated carbocycles. The molecule has 0 saturated heterocycles. The van der Waals surface area contributed by atoms with Crippen molar-refractivity contribution in [3.8, 4) is 0 Å². The first-order valence-electron chi connectivity index (χ1n) is 13.5. The largest absolute Gasteiger partial charge is 0.459 e. The Labute approximate surface area is 231 Å². The summed E-state index contributed by atoms with van der Waals surface area (Å²) in [6.45, 7) is 4.04. The van der Waals surface area contributed by atoms with Crippen LogP contribution in [0.2, 0.25) is 0 Å². The van der Waals surface area contributed by atoms with E-state index in [0.29, 0.717) is 19.3 Å². The number of hydrogen-bond acceptors (Lipinski definition) is 5. The van der Waals surface area contributed by atoms with Crippen molar-refractivity contribution in [2.45, 2.75) is 64.3 Å². The van der Waals surface area contributed by atoms with Crippen LogP contribution >= 0.6 is 0 Å². The number of amides is 2. The molecule has 3 aromatic rings. The van der Waals surface area contributed by atoms with E-state index < -0.39 is 35.9 Å². The lowest BCUT2D eigenvalue weighted by atomic mass is 10.00. The van der Waals surface area contributed by atoms with Crippen LogP contribution in [0.5, 0.6) is 0 Å². The molecule has 2 amide bonds. The van der Waals surface area contributed by atoms with Crippen molar-refractivity contribution in [3.63, 3.8) is 0 Å². The van der Waals surface area contributed by atoms with Crippen LogP contribution in [-0.2, 0) is 38.6 Å². The molecule has 206 valence electrons. The van der Waals surface area contributed by atoms with E-state index in [0.717, 1.165) is 16.7 Å². The summed E-state index contributed by atoms with van der Waals surface area (Å²) in [6.07, 6.45) is 1.77. The Hall–Kier alpha value is -3.97. The lowest BCUT2D eigenvalue weighted by Gasteiger charge is -2.25. The zero-order valence-corrected chi connectivity index (χ0v) is 22.7. The van der Waals surface area contributed by atoms with Gasteiger partial charge in [-0.1, -0.05) is 105 Å². The summed E-state index contributed by atoms with van der Waals surface area (Å²) >= 11 is 0. The molecule has 0 aliphatic rings. The molecule has 3 aromatic carbocycles. The third-order valence-corrected chi connectivity index (χ3v) is 6.37. The zero-order chi connectivity index (χ0) is 28.0. The van der Waals surface area contributed by atoms with Gasteiger partial charge in [0.1, 0.15) is 18.7 Å². The van der Waals surface area contributed by atoms with Crippen molar-refractivity contribution in [2.75, 3.05) is 0 Å². The summed E-state index contributed by atoms with van der Waals surface area (Å²) in [4.78, 5) is 39.5. The van der Waals surface area contributed by atoms with Crippen molar-refractivity contribution in [2.24, 2.45) is 11.7 Å². The van der Waals surface area contributed by atoms with Gasteiger partial charge in [0.25, 0.3) is 0 Å². The molecule has 0 fully saturated rings. The second-order valence-electron chi connectivity index (χ2n) is 10.2. The number of benzene rings is 3. The highest BCUT2D eigenvalue weighted by Crippen LogP contribution is 2.11. The first-order chi connectivity index (χ1) is 18.8. The minimum absolute atomic E-state index is 0.100. The molecule has 7 nitrogen and oxygen atoms in total. The second-order valence-corrected chi connectivity index (χ2v) is 10.2. The van der Waals surface area contributed by atoms with Gasteiger partial charge < -0.3 is 21.1 Å². The van der Waals surface area contributed by atoms with Crippen LogP contribution < -0.4 is 16.4 Å². The number of esters is 1. The highest BCUT2D eigenvalue weighted by atomic mass is 16.5. The van der Waals surface area contributed by atoms with E-state index in [4.69, 9.17) is 10.5 Å². The fourth-order valence-electron chi connectivity index (χ4n) is 4.22. The van der Waals surface area contributed by atoms with Gasteiger partial charge in [0.15, 0.2) is 0 Å². The van der Waals surface area contributed by atoms with Gasteiger partial charge in [-0.15, -0.1) is 0 Å². The van der Waals surface area contributed by atoms with Crippen molar-refractivity contribution >= 4 is 17.8 Å². The summed E-state index contributed by atoms with van der Waals surface area (Å²) in [7, 11) is 0. The Kier molecular flexibility index (Phi) is 11.7. The normalized spacial score (nSPS) is 13.2. The molecule has 3 rings (SSSR count). The summed E-state index contributed by atoms with van der Waals surface area (Å²) < 4.78 is 5.56. The van der Waals surface area contributed by atoms with Crippen LogP contribution in [0.4, 0.5) is 0 Å². The summed E-state index contributed by atoms with van der Waals surface area (Å²) in [6, 6.07) is 26.1. The maximum Gasteiger partial charge on any atom is 0.329 e. The topological polar surface area (TPSA) is 111 Å². The average Bonchev–Trinajstić information content (AvgIpc) is 2.95. The molecule has 0 aliphatic carbocycles. The summed E-state index contributed by atoms with van der Waals surface area (Å²) in [5.74, 6) is -1.24. The molecule has 0 bridgehead atoms. The quantitative estimate of drug-likeness (QED) is 0.274. The number of hydrogen-bond donors (Lipinski definition) is 3. The van der Waals surface area contributed by atoms with Crippen LogP contribution in [0, 0.1) is 5.92 Å². The maximum atomic E-state index is 13.4. The monoisotopic (exact) mass is 529 g/mol. The van der Waals surface area contributed by atoms with E-state index in [1.165, 1.54) is 0 Å². The van der Waals surface area contributed by atoms with Crippen LogP contribution in [-0.4, -0.2) is 35.9 Å². The van der Waals surface area contributed by atoms with Crippen LogP contribution in [0.15, 0.2) is 91.0 Å². The number of ether oxygens (including phenoxy) is 1. The Morgan fingerprint density at radius 2 is 1.23 bits per heavy atom. The predicted octanol–water partition coefficient (Wildman–Crippen LogP) is 3.95. The van der Waals surface area contributed by atoms with Crippen molar-refractivity contribution in [3.05, 3.63) is 108 Å². The van der Waals surface area contributed by atoms with E-state index in [9.17, 15) is 14.4 Å². The number of carbonyl (C=O) groups excluding carboxylic acids is 3. The van der Waals surface area contributed by atoms with Gasteiger partial charge in [-0.2, -0.15) is 0 Å². The van der Waals surface area contributed by atoms with Crippen molar-refractivity contribution in [1.82, 2.24) is 10.6 Å². The van der Waals surface area contributed by atoms with E-state index in [1.807, 2.05) is 105 Å². The number of nitrogens with one attached hydrogen (secondary N) is 2. The lowest BCUT2D eigenvalue weighted by Crippen LogP contribution is -2.55. The highest BCUT2D eigenvalue weighted by molar-refractivity contribution is 5.92. The predicted molar refractivity (Wildman–Crippen MR) is 152 cm³/mol. The fraction of sp³-hybridized carbons (Fsp3) is 0.344. The molecule has 0 unspecified atom stereocenters. The molecule has 4 N–H and O–H groups in total. The van der Waals surface area contributed by atoms with Gasteiger partial charge in [0.05, 0.1) is 6.04 Å². The highest BCUT2D eigenvalue weighted by Gasteiger charge is 2.29. The summed E-state index contributed by atoms with van der Waals surface area (Å²) in [5.41, 5.74) is 9.00. The average molecular weight is 530 g/mol. The molecule has 0 heterocycles. The Morgan fingerprint density at radius 3 is 1.79 bits per heavy atom. The number of aryl methyl sites for hydroxylation is 1. The van der Waals surface area contributed by atoms with Gasteiger partial charge in [-0.25, -0.2) is 4.79 Å². The van der Waals surface area contributed by atoms with Crippen LogP contribution in [0.25, 0.3) is 0 Å². The Bertz CT molecular complexity index is 1170. The maximum absolute atomic E-state index is 13.4. The lowest BCUT2D eigenvalue weighted by molar-refractivity contribution is -0.149. The first kappa shape index (κ1) is 29.6. The Balaban J connectivity index is 1.66. The number of carbonyl (C=O) groups is 3. The van der Waals surface area contributed by atoms with Gasteiger partial charge >= 0.3 is 5.97 Å². The minimum atomic E-state index is -0.915. The molecule has 0 aromatic heterocycles. The zero-order valence-electron chi connectivity index (χ0n) is 22.7. The molecule has 0 aliphatic heterocycles. The SMILES string of the molecule is CC(C)C[C@@H](NC(=O)[C@H](N)CCc1ccccc1)C(=O)N[C@H](Cc1ccccc1)C(=O)OCc1ccccc1. The smallest absolute Gasteiger partial charge is 0.329 e. The van der Waals surface area contributed by atoms with Crippen molar-refractivity contribution < 1.29 is 19.1 Å².